The van der Waals surface area contributed by atoms with Crippen LogP contribution >= 0.6 is 15.9 Å². The predicted molar refractivity (Wildman–Crippen MR) is 88.3 cm³/mol. The molecule has 0 N–H and O–H groups in total. The maximum absolute atomic E-state index is 4.30. The molecule has 3 rings (SSSR count). The van der Waals surface area contributed by atoms with Crippen molar-refractivity contribution in [3.63, 3.8) is 0 Å². The van der Waals surface area contributed by atoms with Crippen molar-refractivity contribution in [3.05, 3.63) is 76.3 Å². The lowest BCUT2D eigenvalue weighted by molar-refractivity contribution is 0.396. The molecule has 1 nitrogen and oxygen atoms in total. The van der Waals surface area contributed by atoms with Crippen molar-refractivity contribution >= 4 is 21.6 Å². The van der Waals surface area contributed by atoms with E-state index in [1.165, 1.54) is 23.1 Å². The quantitative estimate of drug-likeness (QED) is 0.760. The molecule has 0 fully saturated rings. The van der Waals surface area contributed by atoms with E-state index >= 15 is 0 Å². The van der Waals surface area contributed by atoms with Gasteiger partial charge in [-0.05, 0) is 41.7 Å². The standard InChI is InChI=1S/C18H18BrN/c1-14(15-6-3-2-4-7-15)20-11-5-8-16-9-10-18(19)12-17(16)13-20/h2-4,6-7,9-10,12H,1,5,8,11,13H2. The van der Waals surface area contributed by atoms with E-state index in [1.54, 1.807) is 0 Å². The van der Waals surface area contributed by atoms with E-state index in [2.05, 4.69) is 69.9 Å². The first-order valence-corrected chi connectivity index (χ1v) is 7.80. The number of nitrogens with zero attached hydrogens (tertiary/aromatic N) is 1. The fraction of sp³-hybridized carbons (Fsp3) is 0.222. The van der Waals surface area contributed by atoms with Crippen LogP contribution in [0, 0.1) is 0 Å². The molecule has 0 saturated heterocycles. The molecular weight excluding hydrogens is 310 g/mol. The van der Waals surface area contributed by atoms with Crippen LogP contribution in [0.1, 0.15) is 23.1 Å². The van der Waals surface area contributed by atoms with Gasteiger partial charge in [0.1, 0.15) is 0 Å². The normalized spacial score (nSPS) is 14.6. The number of hydrogen-bond donors (Lipinski definition) is 0. The summed E-state index contributed by atoms with van der Waals surface area (Å²) in [5.41, 5.74) is 5.22. The largest absolute Gasteiger partial charge is 0.367 e. The molecule has 0 aromatic heterocycles. The Bertz CT molecular complexity index is 619. The van der Waals surface area contributed by atoms with Gasteiger partial charge in [0.05, 0.1) is 0 Å². The van der Waals surface area contributed by atoms with Gasteiger partial charge in [0.2, 0.25) is 0 Å². The van der Waals surface area contributed by atoms with E-state index in [0.717, 1.165) is 29.7 Å². The van der Waals surface area contributed by atoms with Gasteiger partial charge < -0.3 is 4.90 Å². The van der Waals surface area contributed by atoms with Crippen molar-refractivity contribution in [2.24, 2.45) is 0 Å². The Balaban J connectivity index is 1.87. The fourth-order valence-electron chi connectivity index (χ4n) is 2.77. The highest BCUT2D eigenvalue weighted by molar-refractivity contribution is 9.10. The molecule has 1 aliphatic rings. The molecule has 102 valence electrons. The first kappa shape index (κ1) is 13.4. The summed E-state index contributed by atoms with van der Waals surface area (Å²) in [5.74, 6) is 0. The first-order valence-electron chi connectivity index (χ1n) is 7.00. The minimum Gasteiger partial charge on any atom is -0.367 e. The van der Waals surface area contributed by atoms with Crippen LogP contribution in [0.4, 0.5) is 0 Å². The minimum atomic E-state index is 0.947. The molecule has 2 aromatic rings. The summed E-state index contributed by atoms with van der Waals surface area (Å²) in [7, 11) is 0. The van der Waals surface area contributed by atoms with Crippen LogP contribution < -0.4 is 0 Å². The second-order valence-electron chi connectivity index (χ2n) is 5.25. The maximum atomic E-state index is 4.30. The van der Waals surface area contributed by atoms with Gasteiger partial charge in [-0.1, -0.05) is 58.9 Å². The van der Waals surface area contributed by atoms with Crippen molar-refractivity contribution < 1.29 is 0 Å². The van der Waals surface area contributed by atoms with Crippen LogP contribution in [0.5, 0.6) is 0 Å². The molecule has 2 aromatic carbocycles. The van der Waals surface area contributed by atoms with Crippen molar-refractivity contribution in [2.75, 3.05) is 6.54 Å². The molecule has 1 heterocycles. The Hall–Kier alpha value is -1.54. The lowest BCUT2D eigenvalue weighted by Gasteiger charge is -2.25. The third-order valence-corrected chi connectivity index (χ3v) is 4.39. The highest BCUT2D eigenvalue weighted by Gasteiger charge is 2.16. The first-order chi connectivity index (χ1) is 9.74. The topological polar surface area (TPSA) is 3.24 Å². The second kappa shape index (κ2) is 5.84. The van der Waals surface area contributed by atoms with E-state index in [0.29, 0.717) is 0 Å². The summed E-state index contributed by atoms with van der Waals surface area (Å²) >= 11 is 3.58. The Morgan fingerprint density at radius 1 is 1.05 bits per heavy atom. The van der Waals surface area contributed by atoms with E-state index in [1.807, 2.05) is 6.07 Å². The number of aryl methyl sites for hydroxylation is 1. The summed E-state index contributed by atoms with van der Waals surface area (Å²) in [6, 6.07) is 17.1. The number of rotatable bonds is 2. The third-order valence-electron chi connectivity index (χ3n) is 3.89. The average Bonchev–Trinajstić information content (AvgIpc) is 2.69. The van der Waals surface area contributed by atoms with Gasteiger partial charge in [-0.3, -0.25) is 0 Å². The summed E-state index contributed by atoms with van der Waals surface area (Å²) in [6.07, 6.45) is 2.33. The zero-order valence-electron chi connectivity index (χ0n) is 11.5. The fourth-order valence-corrected chi connectivity index (χ4v) is 3.18. The zero-order valence-corrected chi connectivity index (χ0v) is 13.1. The molecule has 0 aliphatic carbocycles. The van der Waals surface area contributed by atoms with Crippen LogP contribution in [0.15, 0.2) is 59.6 Å². The van der Waals surface area contributed by atoms with Crippen molar-refractivity contribution in [3.8, 4) is 0 Å². The minimum absolute atomic E-state index is 0.947. The Morgan fingerprint density at radius 3 is 2.65 bits per heavy atom. The Kier molecular flexibility index (Phi) is 3.93. The molecule has 0 spiro atoms. The van der Waals surface area contributed by atoms with Crippen molar-refractivity contribution in [1.82, 2.24) is 4.90 Å². The van der Waals surface area contributed by atoms with E-state index in [9.17, 15) is 0 Å². The second-order valence-corrected chi connectivity index (χ2v) is 6.17. The van der Waals surface area contributed by atoms with E-state index < -0.39 is 0 Å². The van der Waals surface area contributed by atoms with Gasteiger partial charge in [-0.2, -0.15) is 0 Å². The van der Waals surface area contributed by atoms with Crippen LogP contribution in [0.2, 0.25) is 0 Å². The lowest BCUT2D eigenvalue weighted by atomic mass is 10.0. The highest BCUT2D eigenvalue weighted by Crippen LogP contribution is 2.27. The molecule has 20 heavy (non-hydrogen) atoms. The van der Waals surface area contributed by atoms with Gasteiger partial charge in [0, 0.05) is 23.3 Å². The number of fused-ring (bicyclic) bond motifs is 1. The van der Waals surface area contributed by atoms with Crippen LogP contribution in [0.3, 0.4) is 0 Å². The summed E-state index contributed by atoms with van der Waals surface area (Å²) in [5, 5.41) is 0. The van der Waals surface area contributed by atoms with Gasteiger partial charge >= 0.3 is 0 Å². The van der Waals surface area contributed by atoms with Gasteiger partial charge in [0.25, 0.3) is 0 Å². The van der Waals surface area contributed by atoms with Crippen molar-refractivity contribution in [2.45, 2.75) is 19.4 Å². The van der Waals surface area contributed by atoms with Gasteiger partial charge in [-0.25, -0.2) is 0 Å². The summed E-state index contributed by atoms with van der Waals surface area (Å²) in [6.45, 7) is 6.32. The maximum Gasteiger partial charge on any atom is 0.0432 e. The number of benzene rings is 2. The van der Waals surface area contributed by atoms with Crippen molar-refractivity contribution in [1.29, 1.82) is 0 Å². The monoisotopic (exact) mass is 327 g/mol. The van der Waals surface area contributed by atoms with Gasteiger partial charge in [0.15, 0.2) is 0 Å². The molecule has 0 bridgehead atoms. The van der Waals surface area contributed by atoms with Crippen LogP contribution in [0.25, 0.3) is 5.70 Å². The highest BCUT2D eigenvalue weighted by atomic mass is 79.9. The van der Waals surface area contributed by atoms with E-state index in [-0.39, 0.29) is 0 Å². The average molecular weight is 328 g/mol. The molecular formula is C18H18BrN. The Morgan fingerprint density at radius 2 is 1.85 bits per heavy atom. The molecule has 0 amide bonds. The molecule has 0 radical (unpaired) electrons. The Labute approximate surface area is 129 Å². The lowest BCUT2D eigenvalue weighted by Crippen LogP contribution is -2.21. The SMILES string of the molecule is C=C(c1ccccc1)N1CCCc2ccc(Br)cc2C1. The molecule has 2 heteroatoms. The molecule has 0 saturated carbocycles. The summed E-state index contributed by atoms with van der Waals surface area (Å²) in [4.78, 5) is 2.40. The third kappa shape index (κ3) is 2.80. The smallest absolute Gasteiger partial charge is 0.0432 e. The molecule has 0 unspecified atom stereocenters. The van der Waals surface area contributed by atoms with Crippen LogP contribution in [-0.4, -0.2) is 11.4 Å². The molecule has 0 atom stereocenters. The summed E-state index contributed by atoms with van der Waals surface area (Å²) < 4.78 is 1.16. The zero-order chi connectivity index (χ0) is 13.9. The molecule has 1 aliphatic heterocycles. The predicted octanol–water partition coefficient (Wildman–Crippen LogP) is 4.87. The van der Waals surface area contributed by atoms with E-state index in [4.69, 9.17) is 0 Å². The number of halogens is 1. The van der Waals surface area contributed by atoms with Gasteiger partial charge in [-0.15, -0.1) is 0 Å². The number of hydrogen-bond acceptors (Lipinski definition) is 1. The van der Waals surface area contributed by atoms with Crippen LogP contribution in [-0.2, 0) is 13.0 Å².